The molecule has 0 spiro atoms. The van der Waals surface area contributed by atoms with Gasteiger partial charge in [-0.25, -0.2) is 0 Å². The third kappa shape index (κ3) is 4.22. The smallest absolute Gasteiger partial charge is 0.302 e. The summed E-state index contributed by atoms with van der Waals surface area (Å²) in [6.07, 6.45) is -4.17. The third-order valence-electron chi connectivity index (χ3n) is 1.98. The molecule has 1 atom stereocenters. The van der Waals surface area contributed by atoms with Crippen molar-refractivity contribution < 1.29 is 13.2 Å². The summed E-state index contributed by atoms with van der Waals surface area (Å²) in [6, 6.07) is 6.89. The van der Waals surface area contributed by atoms with E-state index >= 15 is 0 Å². The first-order valence-electron chi connectivity index (χ1n) is 4.45. The molecule has 1 nitrogen and oxygen atoms in total. The van der Waals surface area contributed by atoms with Crippen molar-refractivity contribution in [2.75, 3.05) is 6.54 Å². The van der Waals surface area contributed by atoms with Crippen molar-refractivity contribution in [3.63, 3.8) is 0 Å². The second-order valence-electron chi connectivity index (χ2n) is 3.24. The van der Waals surface area contributed by atoms with Crippen LogP contribution in [0.2, 0.25) is 0 Å². The minimum Gasteiger partial charge on any atom is -0.302 e. The summed E-state index contributed by atoms with van der Waals surface area (Å²) in [6.45, 7) is 0.724. The monoisotopic (exact) mass is 281 g/mol. The number of hydrogen-bond acceptors (Lipinski definition) is 1. The Morgan fingerprint density at radius 3 is 2.47 bits per heavy atom. The Balaban J connectivity index is 2.62. The molecule has 0 amide bonds. The van der Waals surface area contributed by atoms with E-state index in [2.05, 4.69) is 21.2 Å². The zero-order chi connectivity index (χ0) is 11.5. The van der Waals surface area contributed by atoms with Crippen LogP contribution in [0.15, 0.2) is 28.7 Å². The normalized spacial score (nSPS) is 13.9. The average molecular weight is 282 g/mol. The predicted molar refractivity (Wildman–Crippen MR) is 56.6 cm³/mol. The Kier molecular flexibility index (Phi) is 4.16. The van der Waals surface area contributed by atoms with Crippen molar-refractivity contribution in [2.45, 2.75) is 19.1 Å². The second-order valence-corrected chi connectivity index (χ2v) is 4.09. The van der Waals surface area contributed by atoms with Crippen molar-refractivity contribution in [3.8, 4) is 0 Å². The maximum atomic E-state index is 12.0. The summed E-state index contributed by atoms with van der Waals surface area (Å²) in [4.78, 5) is 0. The van der Waals surface area contributed by atoms with Gasteiger partial charge in [0, 0.05) is 10.5 Å². The predicted octanol–water partition coefficient (Wildman–Crippen LogP) is 3.66. The van der Waals surface area contributed by atoms with Gasteiger partial charge in [0.2, 0.25) is 0 Å². The highest BCUT2D eigenvalue weighted by Gasteiger charge is 2.27. The number of rotatable bonds is 3. The van der Waals surface area contributed by atoms with Gasteiger partial charge in [-0.05, 0) is 18.6 Å². The Labute approximate surface area is 94.8 Å². The van der Waals surface area contributed by atoms with E-state index < -0.39 is 12.7 Å². The number of halogens is 4. The lowest BCUT2D eigenvalue weighted by molar-refractivity contribution is -0.126. The topological polar surface area (TPSA) is 12.0 Å². The minimum atomic E-state index is -4.17. The lowest BCUT2D eigenvalue weighted by atomic mass is 10.1. The molecule has 0 heterocycles. The molecule has 0 aromatic heterocycles. The van der Waals surface area contributed by atoms with Gasteiger partial charge >= 0.3 is 6.18 Å². The number of nitrogens with one attached hydrogen (secondary N) is 1. The van der Waals surface area contributed by atoms with Crippen molar-refractivity contribution in [1.29, 1.82) is 0 Å². The Morgan fingerprint density at radius 1 is 1.33 bits per heavy atom. The van der Waals surface area contributed by atoms with E-state index in [9.17, 15) is 13.2 Å². The fourth-order valence-electron chi connectivity index (χ4n) is 1.21. The number of alkyl halides is 3. The van der Waals surface area contributed by atoms with Crippen LogP contribution in [0, 0.1) is 0 Å². The molecule has 15 heavy (non-hydrogen) atoms. The molecule has 1 aromatic rings. The van der Waals surface area contributed by atoms with Crippen LogP contribution in [-0.2, 0) is 0 Å². The highest BCUT2D eigenvalue weighted by molar-refractivity contribution is 9.10. The molecular formula is C10H11BrF3N. The summed E-state index contributed by atoms with van der Waals surface area (Å²) in [5.41, 5.74) is 0.821. The molecule has 1 aromatic carbocycles. The van der Waals surface area contributed by atoms with Crippen LogP contribution in [0.3, 0.4) is 0 Å². The van der Waals surface area contributed by atoms with Gasteiger partial charge in [-0.1, -0.05) is 34.1 Å². The van der Waals surface area contributed by atoms with Gasteiger partial charge in [-0.2, -0.15) is 13.2 Å². The third-order valence-corrected chi connectivity index (χ3v) is 2.70. The summed E-state index contributed by atoms with van der Waals surface area (Å²) in [7, 11) is 0. The molecule has 0 unspecified atom stereocenters. The largest absolute Gasteiger partial charge is 0.401 e. The first-order valence-corrected chi connectivity index (χ1v) is 5.24. The maximum absolute atomic E-state index is 12.0. The SMILES string of the molecule is C[C@@H](NCC(F)(F)F)c1ccccc1Br. The number of benzene rings is 1. The Morgan fingerprint density at radius 2 is 1.93 bits per heavy atom. The van der Waals surface area contributed by atoms with Crippen LogP contribution >= 0.6 is 15.9 Å². The Bertz CT molecular complexity index is 325. The van der Waals surface area contributed by atoms with Gasteiger partial charge in [0.05, 0.1) is 6.54 Å². The molecule has 84 valence electrons. The van der Waals surface area contributed by atoms with E-state index in [-0.39, 0.29) is 6.04 Å². The van der Waals surface area contributed by atoms with Crippen molar-refractivity contribution >= 4 is 15.9 Å². The van der Waals surface area contributed by atoms with E-state index in [1.165, 1.54) is 0 Å². The molecular weight excluding hydrogens is 271 g/mol. The summed E-state index contributed by atoms with van der Waals surface area (Å²) < 4.78 is 36.7. The fraction of sp³-hybridized carbons (Fsp3) is 0.400. The van der Waals surface area contributed by atoms with Gasteiger partial charge < -0.3 is 5.32 Å². The van der Waals surface area contributed by atoms with Crippen molar-refractivity contribution in [1.82, 2.24) is 5.32 Å². The second kappa shape index (κ2) is 4.99. The molecule has 0 radical (unpaired) electrons. The van der Waals surface area contributed by atoms with E-state index in [1.54, 1.807) is 25.1 Å². The van der Waals surface area contributed by atoms with Gasteiger partial charge in [0.1, 0.15) is 0 Å². The lowest BCUT2D eigenvalue weighted by Crippen LogP contribution is -2.30. The van der Waals surface area contributed by atoms with E-state index in [0.29, 0.717) is 0 Å². The maximum Gasteiger partial charge on any atom is 0.401 e. The fourth-order valence-corrected chi connectivity index (χ4v) is 1.83. The molecule has 0 saturated heterocycles. The summed E-state index contributed by atoms with van der Waals surface area (Å²) >= 11 is 3.30. The molecule has 5 heteroatoms. The molecule has 1 rings (SSSR count). The van der Waals surface area contributed by atoms with Crippen LogP contribution < -0.4 is 5.32 Å². The first-order chi connectivity index (χ1) is 6.90. The number of hydrogen-bond donors (Lipinski definition) is 1. The highest BCUT2D eigenvalue weighted by atomic mass is 79.9. The highest BCUT2D eigenvalue weighted by Crippen LogP contribution is 2.23. The molecule has 0 fully saturated rings. The summed E-state index contributed by atoms with van der Waals surface area (Å²) in [5.74, 6) is 0. The van der Waals surface area contributed by atoms with Gasteiger partial charge in [-0.15, -0.1) is 0 Å². The first kappa shape index (κ1) is 12.5. The van der Waals surface area contributed by atoms with Crippen LogP contribution in [0.5, 0.6) is 0 Å². The van der Waals surface area contributed by atoms with E-state index in [4.69, 9.17) is 0 Å². The average Bonchev–Trinajstić information content (AvgIpc) is 2.14. The van der Waals surface area contributed by atoms with Crippen LogP contribution in [-0.4, -0.2) is 12.7 Å². The quantitative estimate of drug-likeness (QED) is 0.892. The van der Waals surface area contributed by atoms with Gasteiger partial charge in [0.15, 0.2) is 0 Å². The van der Waals surface area contributed by atoms with Crippen LogP contribution in [0.4, 0.5) is 13.2 Å². The molecule has 0 bridgehead atoms. The summed E-state index contributed by atoms with van der Waals surface area (Å²) in [5, 5.41) is 2.42. The minimum absolute atomic E-state index is 0.331. The standard InChI is InChI=1S/C10H11BrF3N/c1-7(15-6-10(12,13)14)8-4-2-3-5-9(8)11/h2-5,7,15H,6H2,1H3/t7-/m1/s1. The van der Waals surface area contributed by atoms with E-state index in [0.717, 1.165) is 10.0 Å². The van der Waals surface area contributed by atoms with Gasteiger partial charge in [-0.3, -0.25) is 0 Å². The van der Waals surface area contributed by atoms with Crippen LogP contribution in [0.1, 0.15) is 18.5 Å². The molecule has 0 aliphatic rings. The van der Waals surface area contributed by atoms with Crippen LogP contribution in [0.25, 0.3) is 0 Å². The zero-order valence-corrected chi connectivity index (χ0v) is 9.69. The van der Waals surface area contributed by atoms with Crippen molar-refractivity contribution in [2.24, 2.45) is 0 Å². The van der Waals surface area contributed by atoms with Crippen molar-refractivity contribution in [3.05, 3.63) is 34.3 Å². The zero-order valence-electron chi connectivity index (χ0n) is 8.11. The molecule has 0 aliphatic heterocycles. The van der Waals surface area contributed by atoms with E-state index in [1.807, 2.05) is 6.07 Å². The molecule has 0 saturated carbocycles. The Hall–Kier alpha value is -0.550. The lowest BCUT2D eigenvalue weighted by Gasteiger charge is -2.16. The van der Waals surface area contributed by atoms with Gasteiger partial charge in [0.25, 0.3) is 0 Å². The molecule has 1 N–H and O–H groups in total. The molecule has 0 aliphatic carbocycles.